The standard InChI is InChI=1S/C27H35N5O/c1-3-32(4-2)27(33)22-11-9-21(10-12-22)24-19-25(23-13-15-28-20-26(23)30-24)29-14-8-18-31-16-6-5-7-17-31/h9-13,15,19-20H,3-8,14,16-18H2,1-2H3,(H,29,30). The topological polar surface area (TPSA) is 61.4 Å². The molecule has 174 valence electrons. The number of nitrogens with one attached hydrogen (secondary N) is 1. The quantitative estimate of drug-likeness (QED) is 0.466. The molecule has 0 aliphatic carbocycles. The highest BCUT2D eigenvalue weighted by molar-refractivity contribution is 5.95. The minimum atomic E-state index is 0.0679. The average Bonchev–Trinajstić information content (AvgIpc) is 2.87. The smallest absolute Gasteiger partial charge is 0.253 e. The highest BCUT2D eigenvalue weighted by atomic mass is 16.2. The molecule has 0 atom stereocenters. The number of benzene rings is 1. The van der Waals surface area contributed by atoms with Gasteiger partial charge in [-0.3, -0.25) is 9.78 Å². The lowest BCUT2D eigenvalue weighted by Crippen LogP contribution is -2.31. The third-order valence-corrected chi connectivity index (χ3v) is 6.51. The molecule has 33 heavy (non-hydrogen) atoms. The molecule has 6 heteroatoms. The first kappa shape index (κ1) is 23.2. The monoisotopic (exact) mass is 445 g/mol. The molecule has 3 aromatic rings. The fourth-order valence-corrected chi connectivity index (χ4v) is 4.56. The molecule has 1 saturated heterocycles. The van der Waals surface area contributed by atoms with Gasteiger partial charge in [0.15, 0.2) is 0 Å². The summed E-state index contributed by atoms with van der Waals surface area (Å²) in [6.07, 6.45) is 8.79. The summed E-state index contributed by atoms with van der Waals surface area (Å²) < 4.78 is 0. The Labute approximate surface area is 197 Å². The van der Waals surface area contributed by atoms with Gasteiger partial charge >= 0.3 is 0 Å². The van der Waals surface area contributed by atoms with Crippen molar-refractivity contribution in [2.24, 2.45) is 0 Å². The van der Waals surface area contributed by atoms with Crippen LogP contribution in [0.5, 0.6) is 0 Å². The SMILES string of the molecule is CCN(CC)C(=O)c1ccc(-c2cc(NCCCN3CCCCC3)c3ccncc3n2)cc1. The van der Waals surface area contributed by atoms with Gasteiger partial charge in [-0.2, -0.15) is 0 Å². The molecule has 4 rings (SSSR count). The van der Waals surface area contributed by atoms with E-state index in [1.165, 1.54) is 32.4 Å². The predicted molar refractivity (Wildman–Crippen MR) is 136 cm³/mol. The largest absolute Gasteiger partial charge is 0.384 e. The van der Waals surface area contributed by atoms with Gasteiger partial charge in [-0.05, 0) is 77.0 Å². The molecule has 1 N–H and O–H groups in total. The molecule has 1 amide bonds. The van der Waals surface area contributed by atoms with Crippen LogP contribution in [0, 0.1) is 0 Å². The van der Waals surface area contributed by atoms with Crippen LogP contribution < -0.4 is 5.32 Å². The molecule has 1 aliphatic heterocycles. The summed E-state index contributed by atoms with van der Waals surface area (Å²) in [6.45, 7) is 9.97. The number of anilines is 1. The Kier molecular flexibility index (Phi) is 7.89. The zero-order valence-corrected chi connectivity index (χ0v) is 19.9. The van der Waals surface area contributed by atoms with E-state index >= 15 is 0 Å². The number of aromatic nitrogens is 2. The van der Waals surface area contributed by atoms with Crippen LogP contribution in [0.15, 0.2) is 48.8 Å². The lowest BCUT2D eigenvalue weighted by Gasteiger charge is -2.26. The van der Waals surface area contributed by atoms with Gasteiger partial charge in [0.05, 0.1) is 17.4 Å². The highest BCUT2D eigenvalue weighted by Gasteiger charge is 2.14. The number of rotatable bonds is 9. The minimum Gasteiger partial charge on any atom is -0.384 e. The summed E-state index contributed by atoms with van der Waals surface area (Å²) in [4.78, 5) is 26.2. The highest BCUT2D eigenvalue weighted by Crippen LogP contribution is 2.28. The number of likely N-dealkylation sites (tertiary alicyclic amines) is 1. The van der Waals surface area contributed by atoms with Crippen LogP contribution in [-0.4, -0.2) is 64.9 Å². The minimum absolute atomic E-state index is 0.0679. The van der Waals surface area contributed by atoms with Gasteiger partial charge in [0, 0.05) is 48.0 Å². The van der Waals surface area contributed by atoms with Crippen molar-refractivity contribution in [2.45, 2.75) is 39.5 Å². The summed E-state index contributed by atoms with van der Waals surface area (Å²) in [5.74, 6) is 0.0679. The van der Waals surface area contributed by atoms with Crippen LogP contribution >= 0.6 is 0 Å². The summed E-state index contributed by atoms with van der Waals surface area (Å²) in [7, 11) is 0. The zero-order chi connectivity index (χ0) is 23.0. The normalized spacial score (nSPS) is 14.4. The van der Waals surface area contributed by atoms with Crippen molar-refractivity contribution in [2.75, 3.05) is 44.6 Å². The molecule has 1 fully saturated rings. The number of amides is 1. The number of piperidine rings is 1. The van der Waals surface area contributed by atoms with Gasteiger partial charge in [0.2, 0.25) is 0 Å². The van der Waals surface area contributed by atoms with Crippen molar-refractivity contribution in [3.63, 3.8) is 0 Å². The second-order valence-corrected chi connectivity index (χ2v) is 8.69. The van der Waals surface area contributed by atoms with E-state index in [-0.39, 0.29) is 5.91 Å². The maximum absolute atomic E-state index is 12.6. The summed E-state index contributed by atoms with van der Waals surface area (Å²) in [5, 5.41) is 4.73. The lowest BCUT2D eigenvalue weighted by atomic mass is 10.1. The molecule has 6 nitrogen and oxygen atoms in total. The van der Waals surface area contributed by atoms with Crippen molar-refractivity contribution < 1.29 is 4.79 Å². The summed E-state index contributed by atoms with van der Waals surface area (Å²) >= 11 is 0. The Morgan fingerprint density at radius 3 is 2.55 bits per heavy atom. The molecule has 0 spiro atoms. The van der Waals surface area contributed by atoms with E-state index in [0.29, 0.717) is 18.7 Å². The summed E-state index contributed by atoms with van der Waals surface area (Å²) in [6, 6.07) is 11.9. The molecule has 0 radical (unpaired) electrons. The number of carbonyl (C=O) groups is 1. The fourth-order valence-electron chi connectivity index (χ4n) is 4.56. The maximum atomic E-state index is 12.6. The fraction of sp³-hybridized carbons (Fsp3) is 0.444. The Morgan fingerprint density at radius 2 is 1.82 bits per heavy atom. The van der Waals surface area contributed by atoms with E-state index in [0.717, 1.165) is 47.4 Å². The number of nitrogens with zero attached hydrogens (tertiary/aromatic N) is 4. The van der Waals surface area contributed by atoms with E-state index in [1.54, 1.807) is 0 Å². The van der Waals surface area contributed by atoms with Gasteiger partial charge in [-0.15, -0.1) is 0 Å². The first-order valence-electron chi connectivity index (χ1n) is 12.3. The third-order valence-electron chi connectivity index (χ3n) is 6.51. The number of fused-ring (bicyclic) bond motifs is 1. The molecule has 0 saturated carbocycles. The van der Waals surface area contributed by atoms with Crippen molar-refractivity contribution >= 4 is 22.5 Å². The van der Waals surface area contributed by atoms with Crippen molar-refractivity contribution in [1.82, 2.24) is 19.8 Å². The lowest BCUT2D eigenvalue weighted by molar-refractivity contribution is 0.0773. The second kappa shape index (κ2) is 11.2. The van der Waals surface area contributed by atoms with Crippen LogP contribution in [0.2, 0.25) is 0 Å². The molecular formula is C27H35N5O. The molecule has 2 aromatic heterocycles. The number of pyridine rings is 2. The van der Waals surface area contributed by atoms with Crippen LogP contribution in [0.3, 0.4) is 0 Å². The number of hydrogen-bond donors (Lipinski definition) is 1. The van der Waals surface area contributed by atoms with Crippen molar-refractivity contribution in [3.8, 4) is 11.3 Å². The van der Waals surface area contributed by atoms with Gasteiger partial charge < -0.3 is 15.1 Å². The van der Waals surface area contributed by atoms with E-state index in [9.17, 15) is 4.79 Å². The van der Waals surface area contributed by atoms with Crippen LogP contribution in [-0.2, 0) is 0 Å². The Hall–Kier alpha value is -2.99. The molecule has 1 aliphatic rings. The third kappa shape index (κ3) is 5.69. The maximum Gasteiger partial charge on any atom is 0.253 e. The Balaban J connectivity index is 1.50. The zero-order valence-electron chi connectivity index (χ0n) is 19.9. The van der Waals surface area contributed by atoms with Crippen molar-refractivity contribution in [1.29, 1.82) is 0 Å². The van der Waals surface area contributed by atoms with Crippen LogP contribution in [0.1, 0.15) is 49.9 Å². The van der Waals surface area contributed by atoms with Gasteiger partial charge in [0.25, 0.3) is 5.91 Å². The first-order valence-corrected chi connectivity index (χ1v) is 12.3. The molecule has 0 bridgehead atoms. The number of hydrogen-bond acceptors (Lipinski definition) is 5. The number of carbonyl (C=O) groups excluding carboxylic acids is 1. The van der Waals surface area contributed by atoms with E-state index in [1.807, 2.05) is 61.5 Å². The molecule has 0 unspecified atom stereocenters. The second-order valence-electron chi connectivity index (χ2n) is 8.69. The van der Waals surface area contributed by atoms with Crippen molar-refractivity contribution in [3.05, 3.63) is 54.4 Å². The average molecular weight is 446 g/mol. The molecular weight excluding hydrogens is 410 g/mol. The van der Waals surface area contributed by atoms with E-state index in [4.69, 9.17) is 4.98 Å². The van der Waals surface area contributed by atoms with E-state index in [2.05, 4.69) is 21.3 Å². The molecule has 1 aromatic carbocycles. The van der Waals surface area contributed by atoms with E-state index < -0.39 is 0 Å². The summed E-state index contributed by atoms with van der Waals surface area (Å²) in [5.41, 5.74) is 4.54. The van der Waals surface area contributed by atoms with Gasteiger partial charge in [0.1, 0.15) is 0 Å². The van der Waals surface area contributed by atoms with Gasteiger partial charge in [-0.25, -0.2) is 4.98 Å². The van der Waals surface area contributed by atoms with Crippen LogP contribution in [0.4, 0.5) is 5.69 Å². The Morgan fingerprint density at radius 1 is 1.06 bits per heavy atom. The van der Waals surface area contributed by atoms with Gasteiger partial charge in [-0.1, -0.05) is 18.6 Å². The molecule has 3 heterocycles. The Bertz CT molecular complexity index is 1060. The predicted octanol–water partition coefficient (Wildman–Crippen LogP) is 5.07. The first-order chi connectivity index (χ1) is 16.2. The van der Waals surface area contributed by atoms with Crippen LogP contribution in [0.25, 0.3) is 22.2 Å².